The SMILES string of the molecule is C=CCOc1ccccc1C(=O)NC(=O)NC1CN2CCC1CC2. The second-order valence-corrected chi connectivity index (χ2v) is 6.27. The van der Waals surface area contributed by atoms with Gasteiger partial charge < -0.3 is 15.0 Å². The van der Waals surface area contributed by atoms with E-state index >= 15 is 0 Å². The molecule has 3 aliphatic heterocycles. The van der Waals surface area contributed by atoms with Gasteiger partial charge >= 0.3 is 6.03 Å². The first-order valence-electron chi connectivity index (χ1n) is 8.34. The summed E-state index contributed by atoms with van der Waals surface area (Å²) in [6.45, 7) is 6.97. The monoisotopic (exact) mass is 329 g/mol. The summed E-state index contributed by atoms with van der Waals surface area (Å²) in [7, 11) is 0. The van der Waals surface area contributed by atoms with E-state index in [9.17, 15) is 9.59 Å². The Morgan fingerprint density at radius 2 is 2.04 bits per heavy atom. The van der Waals surface area contributed by atoms with Crippen LogP contribution in [0.15, 0.2) is 36.9 Å². The molecule has 4 rings (SSSR count). The molecule has 6 nitrogen and oxygen atoms in total. The molecule has 0 saturated carbocycles. The molecule has 1 aromatic rings. The minimum atomic E-state index is -0.464. The van der Waals surface area contributed by atoms with Gasteiger partial charge in [0.05, 0.1) is 5.56 Å². The first-order chi connectivity index (χ1) is 11.7. The highest BCUT2D eigenvalue weighted by Crippen LogP contribution is 2.27. The maximum Gasteiger partial charge on any atom is 0.321 e. The zero-order chi connectivity index (χ0) is 16.9. The number of piperidine rings is 3. The summed E-state index contributed by atoms with van der Waals surface area (Å²) in [6, 6.07) is 6.52. The Bertz CT molecular complexity index is 624. The van der Waals surface area contributed by atoms with Crippen LogP contribution < -0.4 is 15.4 Å². The van der Waals surface area contributed by atoms with Gasteiger partial charge in [0.1, 0.15) is 12.4 Å². The van der Waals surface area contributed by atoms with Crippen LogP contribution in [-0.4, -0.2) is 49.1 Å². The van der Waals surface area contributed by atoms with Gasteiger partial charge in [-0.15, -0.1) is 0 Å². The Balaban J connectivity index is 1.58. The molecule has 0 radical (unpaired) electrons. The average Bonchev–Trinajstić information content (AvgIpc) is 2.61. The van der Waals surface area contributed by atoms with Crippen molar-refractivity contribution in [3.8, 4) is 5.75 Å². The summed E-state index contributed by atoms with van der Waals surface area (Å²) in [5, 5.41) is 5.35. The van der Waals surface area contributed by atoms with Crippen molar-refractivity contribution < 1.29 is 14.3 Å². The minimum absolute atomic E-state index is 0.118. The fourth-order valence-corrected chi connectivity index (χ4v) is 3.43. The lowest BCUT2D eigenvalue weighted by molar-refractivity contribution is 0.0757. The summed E-state index contributed by atoms with van der Waals surface area (Å²) in [5.74, 6) is 0.484. The predicted molar refractivity (Wildman–Crippen MR) is 91.1 cm³/mol. The van der Waals surface area contributed by atoms with E-state index in [4.69, 9.17) is 4.74 Å². The number of para-hydroxylation sites is 1. The van der Waals surface area contributed by atoms with Crippen LogP contribution in [0.1, 0.15) is 23.2 Å². The lowest BCUT2D eigenvalue weighted by Crippen LogP contribution is -2.59. The number of urea groups is 1. The predicted octanol–water partition coefficient (Wildman–Crippen LogP) is 1.79. The molecule has 3 fully saturated rings. The third-order valence-corrected chi connectivity index (χ3v) is 4.69. The zero-order valence-electron chi connectivity index (χ0n) is 13.7. The van der Waals surface area contributed by atoms with Gasteiger partial charge in [0.15, 0.2) is 0 Å². The smallest absolute Gasteiger partial charge is 0.321 e. The van der Waals surface area contributed by atoms with Crippen LogP contribution in [0.25, 0.3) is 0 Å². The molecule has 3 saturated heterocycles. The van der Waals surface area contributed by atoms with Gasteiger partial charge in [-0.25, -0.2) is 4.79 Å². The van der Waals surface area contributed by atoms with Gasteiger partial charge in [-0.3, -0.25) is 10.1 Å². The van der Waals surface area contributed by atoms with Crippen molar-refractivity contribution >= 4 is 11.9 Å². The maximum absolute atomic E-state index is 12.4. The largest absolute Gasteiger partial charge is 0.489 e. The van der Waals surface area contributed by atoms with Crippen LogP contribution in [0, 0.1) is 5.92 Å². The van der Waals surface area contributed by atoms with Crippen molar-refractivity contribution in [3.63, 3.8) is 0 Å². The number of hydrogen-bond acceptors (Lipinski definition) is 4. The third kappa shape index (κ3) is 3.76. The number of carbonyl (C=O) groups excluding carboxylic acids is 2. The highest BCUT2D eigenvalue weighted by molar-refractivity contribution is 6.05. The van der Waals surface area contributed by atoms with Gasteiger partial charge in [0.2, 0.25) is 0 Å². The molecule has 6 heteroatoms. The molecule has 0 aromatic heterocycles. The molecule has 2 N–H and O–H groups in total. The Hall–Kier alpha value is -2.34. The second-order valence-electron chi connectivity index (χ2n) is 6.27. The molecule has 1 aromatic carbocycles. The molecule has 3 amide bonds. The van der Waals surface area contributed by atoms with Crippen LogP contribution in [0.5, 0.6) is 5.75 Å². The third-order valence-electron chi connectivity index (χ3n) is 4.69. The summed E-state index contributed by atoms with van der Waals surface area (Å²) in [5.41, 5.74) is 0.336. The molecule has 3 aliphatic rings. The van der Waals surface area contributed by atoms with Gasteiger partial charge in [-0.1, -0.05) is 24.8 Å². The van der Waals surface area contributed by atoms with Gasteiger partial charge in [-0.2, -0.15) is 0 Å². The van der Waals surface area contributed by atoms with E-state index in [1.54, 1.807) is 30.3 Å². The number of imide groups is 1. The van der Waals surface area contributed by atoms with Crippen molar-refractivity contribution in [2.45, 2.75) is 18.9 Å². The van der Waals surface area contributed by atoms with E-state index < -0.39 is 11.9 Å². The average molecular weight is 329 g/mol. The molecule has 2 bridgehead atoms. The van der Waals surface area contributed by atoms with E-state index in [1.165, 1.54) is 0 Å². The van der Waals surface area contributed by atoms with Crippen molar-refractivity contribution in [2.24, 2.45) is 5.92 Å². The number of ether oxygens (including phenoxy) is 1. The van der Waals surface area contributed by atoms with Gasteiger partial charge in [-0.05, 0) is 44.0 Å². The van der Waals surface area contributed by atoms with E-state index in [2.05, 4.69) is 22.1 Å². The molecule has 1 atom stereocenters. The fourth-order valence-electron chi connectivity index (χ4n) is 3.43. The summed E-state index contributed by atoms with van der Waals surface area (Å²) >= 11 is 0. The molecule has 0 spiro atoms. The molecule has 1 unspecified atom stereocenters. The molecule has 128 valence electrons. The number of amides is 3. The number of nitrogens with zero attached hydrogens (tertiary/aromatic N) is 1. The number of nitrogens with one attached hydrogen (secondary N) is 2. The van der Waals surface area contributed by atoms with Crippen molar-refractivity contribution in [1.29, 1.82) is 0 Å². The molecular formula is C18H23N3O3. The topological polar surface area (TPSA) is 70.7 Å². The lowest BCUT2D eigenvalue weighted by Gasteiger charge is -2.44. The first-order valence-corrected chi connectivity index (χ1v) is 8.34. The van der Waals surface area contributed by atoms with Gasteiger partial charge in [0.25, 0.3) is 5.91 Å². The Kier molecular flexibility index (Phi) is 5.15. The van der Waals surface area contributed by atoms with Crippen LogP contribution in [0.4, 0.5) is 4.79 Å². The van der Waals surface area contributed by atoms with E-state index in [0.29, 0.717) is 23.8 Å². The number of fused-ring (bicyclic) bond motifs is 3. The second kappa shape index (κ2) is 7.49. The van der Waals surface area contributed by atoms with Crippen LogP contribution in [0.3, 0.4) is 0 Å². The highest BCUT2D eigenvalue weighted by atomic mass is 16.5. The van der Waals surface area contributed by atoms with Crippen molar-refractivity contribution in [3.05, 3.63) is 42.5 Å². The number of hydrogen-bond donors (Lipinski definition) is 2. The Morgan fingerprint density at radius 3 is 2.71 bits per heavy atom. The van der Waals surface area contributed by atoms with Crippen LogP contribution in [0.2, 0.25) is 0 Å². The summed E-state index contributed by atoms with van der Waals surface area (Å²) in [4.78, 5) is 26.9. The van der Waals surface area contributed by atoms with E-state index in [0.717, 1.165) is 32.5 Å². The van der Waals surface area contributed by atoms with Crippen molar-refractivity contribution in [2.75, 3.05) is 26.2 Å². The number of benzene rings is 1. The quantitative estimate of drug-likeness (QED) is 0.808. The zero-order valence-corrected chi connectivity index (χ0v) is 13.7. The van der Waals surface area contributed by atoms with Crippen LogP contribution in [-0.2, 0) is 0 Å². The molecule has 24 heavy (non-hydrogen) atoms. The number of rotatable bonds is 5. The molecular weight excluding hydrogens is 306 g/mol. The Morgan fingerprint density at radius 1 is 1.29 bits per heavy atom. The first kappa shape index (κ1) is 16.5. The Labute approximate surface area is 141 Å². The van der Waals surface area contributed by atoms with Crippen molar-refractivity contribution in [1.82, 2.24) is 15.5 Å². The van der Waals surface area contributed by atoms with Crippen LogP contribution >= 0.6 is 0 Å². The molecule has 3 heterocycles. The molecule has 0 aliphatic carbocycles. The fraction of sp³-hybridized carbons (Fsp3) is 0.444. The normalized spacial score (nSPS) is 24.9. The summed E-state index contributed by atoms with van der Waals surface area (Å²) < 4.78 is 5.46. The maximum atomic E-state index is 12.4. The highest BCUT2D eigenvalue weighted by Gasteiger charge is 2.35. The lowest BCUT2D eigenvalue weighted by atomic mass is 9.84. The minimum Gasteiger partial charge on any atom is -0.489 e. The van der Waals surface area contributed by atoms with Gasteiger partial charge in [0, 0.05) is 12.6 Å². The number of carbonyl (C=O) groups is 2. The summed E-state index contributed by atoms with van der Waals surface area (Å²) in [6.07, 6.45) is 3.82. The standard InChI is InChI=1S/C18H23N3O3/c1-2-11-24-16-6-4-3-5-14(16)17(22)20-18(23)19-15-12-21-9-7-13(15)8-10-21/h2-6,13,15H,1,7-12H2,(H2,19,20,22,23). The van der Waals surface area contributed by atoms with E-state index in [1.807, 2.05) is 0 Å². The van der Waals surface area contributed by atoms with E-state index in [-0.39, 0.29) is 6.04 Å².